The van der Waals surface area contributed by atoms with E-state index < -0.39 is 21.2 Å². The number of methoxy groups -OCH3 is 1. The van der Waals surface area contributed by atoms with Gasteiger partial charge in [-0.2, -0.15) is 5.10 Å². The van der Waals surface area contributed by atoms with Gasteiger partial charge in [-0.25, -0.2) is 0 Å². The summed E-state index contributed by atoms with van der Waals surface area (Å²) in [5.41, 5.74) is 2.01. The van der Waals surface area contributed by atoms with Crippen molar-refractivity contribution in [3.63, 3.8) is 0 Å². The number of anilines is 1. The molecule has 0 aliphatic heterocycles. The number of halogens is 2. The molecule has 0 saturated heterocycles. The molecule has 2 aromatic carbocycles. The van der Waals surface area contributed by atoms with Crippen molar-refractivity contribution in [2.45, 2.75) is 0 Å². The highest BCUT2D eigenvalue weighted by molar-refractivity contribution is 6.36. The van der Waals surface area contributed by atoms with Crippen LogP contribution in [0.15, 0.2) is 35.4 Å². The molecule has 130 valence electrons. The van der Waals surface area contributed by atoms with E-state index in [2.05, 4.69) is 10.5 Å². The van der Waals surface area contributed by atoms with Crippen LogP contribution in [-0.2, 0) is 0 Å². The number of non-ortho nitro benzene ring substituents is 1. The quantitative estimate of drug-likeness (QED) is 0.451. The van der Waals surface area contributed by atoms with Crippen molar-refractivity contribution in [3.8, 4) is 5.75 Å². The lowest BCUT2D eigenvalue weighted by molar-refractivity contribution is -0.393. The van der Waals surface area contributed by atoms with Crippen LogP contribution in [0.25, 0.3) is 0 Å². The van der Waals surface area contributed by atoms with Crippen LogP contribution in [0.3, 0.4) is 0 Å². The van der Waals surface area contributed by atoms with Gasteiger partial charge in [-0.3, -0.25) is 25.7 Å². The summed E-state index contributed by atoms with van der Waals surface area (Å²) in [4.78, 5) is 20.3. The Balaban J connectivity index is 2.31. The third-order valence-corrected chi connectivity index (χ3v) is 3.52. The molecule has 2 aromatic rings. The van der Waals surface area contributed by atoms with Crippen molar-refractivity contribution in [2.24, 2.45) is 5.10 Å². The minimum atomic E-state index is -0.748. The van der Waals surface area contributed by atoms with Crippen LogP contribution in [0.4, 0.5) is 17.1 Å². The number of ether oxygens (including phenoxy) is 1. The van der Waals surface area contributed by atoms with Gasteiger partial charge in [0.1, 0.15) is 11.4 Å². The maximum atomic E-state index is 11.1. The molecule has 0 heterocycles. The van der Waals surface area contributed by atoms with E-state index in [1.54, 1.807) is 6.07 Å². The van der Waals surface area contributed by atoms with Gasteiger partial charge in [0.15, 0.2) is 0 Å². The third kappa shape index (κ3) is 4.34. The van der Waals surface area contributed by atoms with Crippen LogP contribution in [0.1, 0.15) is 5.56 Å². The van der Waals surface area contributed by atoms with E-state index >= 15 is 0 Å². The number of nitro benzene ring substituents is 2. The molecule has 9 nitrogen and oxygen atoms in total. The normalized spacial score (nSPS) is 10.7. The van der Waals surface area contributed by atoms with Gasteiger partial charge >= 0.3 is 5.69 Å². The molecule has 25 heavy (non-hydrogen) atoms. The van der Waals surface area contributed by atoms with Crippen LogP contribution < -0.4 is 10.2 Å². The molecule has 1 N–H and O–H groups in total. The highest BCUT2D eigenvalue weighted by Crippen LogP contribution is 2.32. The Morgan fingerprint density at radius 1 is 1.16 bits per heavy atom. The summed E-state index contributed by atoms with van der Waals surface area (Å²) < 4.78 is 5.15. The van der Waals surface area contributed by atoms with Gasteiger partial charge in [0, 0.05) is 16.7 Å². The molecule has 2 rings (SSSR count). The zero-order valence-corrected chi connectivity index (χ0v) is 14.1. The first kappa shape index (κ1) is 18.4. The molecule has 0 atom stereocenters. The molecule has 0 amide bonds. The molecule has 0 spiro atoms. The third-order valence-electron chi connectivity index (χ3n) is 3.02. The van der Waals surface area contributed by atoms with Crippen molar-refractivity contribution in [1.82, 2.24) is 0 Å². The molecule has 0 aliphatic carbocycles. The Morgan fingerprint density at radius 3 is 2.48 bits per heavy atom. The Kier molecular flexibility index (Phi) is 5.73. The van der Waals surface area contributed by atoms with Gasteiger partial charge in [0.2, 0.25) is 0 Å². The van der Waals surface area contributed by atoms with Crippen molar-refractivity contribution in [2.75, 3.05) is 12.5 Å². The molecule has 0 aromatic heterocycles. The second-order valence-electron chi connectivity index (χ2n) is 4.60. The van der Waals surface area contributed by atoms with Crippen molar-refractivity contribution < 1.29 is 14.6 Å². The van der Waals surface area contributed by atoms with Crippen LogP contribution in [0, 0.1) is 20.2 Å². The Bertz CT molecular complexity index is 873. The second-order valence-corrected chi connectivity index (χ2v) is 5.44. The molecular weight excluding hydrogens is 375 g/mol. The number of benzene rings is 2. The first-order valence-corrected chi connectivity index (χ1v) is 7.34. The zero-order chi connectivity index (χ0) is 18.6. The van der Waals surface area contributed by atoms with Crippen molar-refractivity contribution in [1.29, 1.82) is 0 Å². The summed E-state index contributed by atoms with van der Waals surface area (Å²) in [7, 11) is 1.42. The Hall–Kier alpha value is -2.91. The highest BCUT2D eigenvalue weighted by atomic mass is 35.5. The molecule has 0 fully saturated rings. The summed E-state index contributed by atoms with van der Waals surface area (Å²) in [5, 5.41) is 26.3. The predicted molar refractivity (Wildman–Crippen MR) is 94.0 cm³/mol. The largest absolute Gasteiger partial charge is 0.495 e. The SMILES string of the molecule is COc1c(Cl)cc(Cl)cc1/C=N\Nc1ccc([N+](=O)[O-])cc1[N+](=O)[O-]. The van der Waals surface area contributed by atoms with E-state index in [1.807, 2.05) is 0 Å². The van der Waals surface area contributed by atoms with Crippen LogP contribution in [-0.4, -0.2) is 23.2 Å². The molecule has 0 unspecified atom stereocenters. The van der Waals surface area contributed by atoms with Gasteiger partial charge in [-0.15, -0.1) is 0 Å². The fourth-order valence-corrected chi connectivity index (χ4v) is 2.53. The standard InChI is InChI=1S/C14H10Cl2N4O5/c1-25-14-8(4-9(15)5-11(14)16)7-17-18-12-3-2-10(19(21)22)6-13(12)20(23)24/h2-7,18H,1H3/b17-7-. The lowest BCUT2D eigenvalue weighted by Crippen LogP contribution is -1.99. The monoisotopic (exact) mass is 384 g/mol. The van der Waals surface area contributed by atoms with E-state index in [-0.39, 0.29) is 10.7 Å². The maximum absolute atomic E-state index is 11.1. The molecular formula is C14H10Cl2N4O5. The fourth-order valence-electron chi connectivity index (χ4n) is 1.94. The van der Waals surface area contributed by atoms with Crippen LogP contribution in [0.2, 0.25) is 10.0 Å². The van der Waals surface area contributed by atoms with E-state index in [1.165, 1.54) is 25.5 Å². The van der Waals surface area contributed by atoms with E-state index in [9.17, 15) is 20.2 Å². The maximum Gasteiger partial charge on any atom is 0.301 e. The van der Waals surface area contributed by atoms with Crippen LogP contribution >= 0.6 is 23.2 Å². The molecule has 0 bridgehead atoms. The van der Waals surface area contributed by atoms with Crippen LogP contribution in [0.5, 0.6) is 5.75 Å². The van der Waals surface area contributed by atoms with Crippen molar-refractivity contribution >= 4 is 46.5 Å². The number of hydrazone groups is 1. The molecule has 0 saturated carbocycles. The number of nitrogens with zero attached hydrogens (tertiary/aromatic N) is 3. The summed E-state index contributed by atoms with van der Waals surface area (Å²) in [6.07, 6.45) is 1.31. The first-order valence-electron chi connectivity index (χ1n) is 6.58. The van der Waals surface area contributed by atoms with Gasteiger partial charge in [0.25, 0.3) is 5.69 Å². The van der Waals surface area contributed by atoms with E-state index in [4.69, 9.17) is 27.9 Å². The number of hydrogen-bond acceptors (Lipinski definition) is 7. The second kappa shape index (κ2) is 7.77. The summed E-state index contributed by atoms with van der Waals surface area (Å²) in [5.74, 6) is 0.329. The number of nitrogens with one attached hydrogen (secondary N) is 1. The molecule has 11 heteroatoms. The average Bonchev–Trinajstić information content (AvgIpc) is 2.54. The van der Waals surface area contributed by atoms with Crippen molar-refractivity contribution in [3.05, 3.63) is 66.2 Å². The van der Waals surface area contributed by atoms with Gasteiger partial charge in [-0.1, -0.05) is 23.2 Å². The lowest BCUT2D eigenvalue weighted by Gasteiger charge is -2.07. The Morgan fingerprint density at radius 2 is 1.88 bits per heavy atom. The minimum Gasteiger partial charge on any atom is -0.495 e. The first-order chi connectivity index (χ1) is 11.8. The zero-order valence-electron chi connectivity index (χ0n) is 12.6. The number of rotatable bonds is 6. The van der Waals surface area contributed by atoms with Gasteiger partial charge < -0.3 is 4.74 Å². The Labute approximate surface area is 151 Å². The average molecular weight is 385 g/mol. The summed E-state index contributed by atoms with van der Waals surface area (Å²) >= 11 is 11.9. The number of nitro groups is 2. The number of hydrogen-bond donors (Lipinski definition) is 1. The summed E-state index contributed by atoms with van der Waals surface area (Å²) in [6.45, 7) is 0. The van der Waals surface area contributed by atoms with E-state index in [0.29, 0.717) is 16.3 Å². The van der Waals surface area contributed by atoms with Gasteiger partial charge in [-0.05, 0) is 18.2 Å². The summed E-state index contributed by atoms with van der Waals surface area (Å²) in [6, 6.07) is 6.20. The van der Waals surface area contributed by atoms with Gasteiger partial charge in [0.05, 0.1) is 34.3 Å². The lowest BCUT2D eigenvalue weighted by atomic mass is 10.2. The smallest absolute Gasteiger partial charge is 0.301 e. The van der Waals surface area contributed by atoms with E-state index in [0.717, 1.165) is 12.1 Å². The molecule has 0 aliphatic rings. The highest BCUT2D eigenvalue weighted by Gasteiger charge is 2.19. The fraction of sp³-hybridized carbons (Fsp3) is 0.0714. The predicted octanol–water partition coefficient (Wildman–Crippen LogP) is 4.26. The molecule has 0 radical (unpaired) electrons. The minimum absolute atomic E-state index is 0.0149. The topological polar surface area (TPSA) is 120 Å².